The highest BCUT2D eigenvalue weighted by Gasteiger charge is 2.42. The Morgan fingerprint density at radius 2 is 1.51 bits per heavy atom. The zero-order chi connectivity index (χ0) is 29.3. The molecule has 212 valence electrons. The van der Waals surface area contributed by atoms with Crippen LogP contribution in [0.3, 0.4) is 0 Å². The zero-order valence-electron chi connectivity index (χ0n) is 24.7. The topological polar surface area (TPSA) is 84.9 Å². The lowest BCUT2D eigenvalue weighted by Gasteiger charge is -2.42. The molecule has 0 bridgehead atoms. The number of aliphatic carboxylic acids is 1. The SMILES string of the molecule is CC(C)(C)OC(=O)N[C@@H](Cc1ccccc1)[C@H](C[C@@H](CC#Cc1ccccc1)C(=O)O)O[Si](C)(C)C(C)(C)C. The highest BCUT2D eigenvalue weighted by atomic mass is 28.4. The quantitative estimate of drug-likeness (QED) is 0.244. The highest BCUT2D eigenvalue weighted by Crippen LogP contribution is 2.39. The van der Waals surface area contributed by atoms with Gasteiger partial charge in [0, 0.05) is 12.0 Å². The molecule has 2 aromatic rings. The maximum atomic E-state index is 13.0. The lowest BCUT2D eigenvalue weighted by atomic mass is 9.91. The van der Waals surface area contributed by atoms with Gasteiger partial charge in [0.2, 0.25) is 0 Å². The Morgan fingerprint density at radius 3 is 2.03 bits per heavy atom. The van der Waals surface area contributed by atoms with Crippen LogP contribution < -0.4 is 5.32 Å². The van der Waals surface area contributed by atoms with E-state index in [1.165, 1.54) is 0 Å². The smallest absolute Gasteiger partial charge is 0.407 e. The van der Waals surface area contributed by atoms with Crippen LogP contribution in [0.25, 0.3) is 0 Å². The first-order valence-electron chi connectivity index (χ1n) is 13.6. The Balaban J connectivity index is 2.43. The molecular weight excluding hydrogens is 506 g/mol. The zero-order valence-corrected chi connectivity index (χ0v) is 25.7. The Labute approximate surface area is 235 Å². The molecule has 0 aliphatic heterocycles. The molecule has 7 heteroatoms. The summed E-state index contributed by atoms with van der Waals surface area (Å²) in [5.74, 6) is 4.42. The standard InChI is InChI=1S/C32H45NO5Si/c1-31(2,3)37-30(36)33-27(22-25-18-13-10-14-19-25)28(38-39(7,8)32(4,5)6)23-26(29(34)35)21-15-20-24-16-11-9-12-17-24/h9-14,16-19,26-28H,21-23H2,1-8H3,(H,33,36)(H,34,35)/t26-,27+,28+/m1/s1. The van der Waals surface area contributed by atoms with Gasteiger partial charge in [0.1, 0.15) is 5.60 Å². The summed E-state index contributed by atoms with van der Waals surface area (Å²) >= 11 is 0. The molecule has 39 heavy (non-hydrogen) atoms. The molecule has 0 spiro atoms. The second kappa shape index (κ2) is 13.8. The lowest BCUT2D eigenvalue weighted by Crippen LogP contribution is -2.54. The second-order valence-corrected chi connectivity index (χ2v) is 17.3. The number of ether oxygens (including phenoxy) is 1. The fourth-order valence-electron chi connectivity index (χ4n) is 3.80. The monoisotopic (exact) mass is 551 g/mol. The van der Waals surface area contributed by atoms with E-state index in [2.05, 4.69) is 51.0 Å². The molecule has 0 aliphatic rings. The predicted octanol–water partition coefficient (Wildman–Crippen LogP) is 7.05. The van der Waals surface area contributed by atoms with Crippen molar-refractivity contribution in [2.24, 2.45) is 5.92 Å². The van der Waals surface area contributed by atoms with Gasteiger partial charge in [-0.25, -0.2) is 4.79 Å². The van der Waals surface area contributed by atoms with Gasteiger partial charge in [-0.1, -0.05) is 81.1 Å². The Bertz CT molecular complexity index is 1120. The van der Waals surface area contributed by atoms with Crippen LogP contribution in [0.15, 0.2) is 60.7 Å². The van der Waals surface area contributed by atoms with Crippen LogP contribution in [0.2, 0.25) is 18.1 Å². The van der Waals surface area contributed by atoms with Crippen LogP contribution in [0.5, 0.6) is 0 Å². The molecule has 0 unspecified atom stereocenters. The molecule has 0 aliphatic carbocycles. The average molecular weight is 552 g/mol. The molecule has 0 radical (unpaired) electrons. The third-order valence-corrected chi connectivity index (χ3v) is 11.4. The number of carbonyl (C=O) groups is 2. The summed E-state index contributed by atoms with van der Waals surface area (Å²) in [6.45, 7) is 16.1. The van der Waals surface area contributed by atoms with Crippen LogP contribution in [0.4, 0.5) is 4.79 Å². The minimum atomic E-state index is -2.35. The van der Waals surface area contributed by atoms with E-state index in [-0.39, 0.29) is 17.9 Å². The summed E-state index contributed by atoms with van der Waals surface area (Å²) in [6.07, 6.45) is -0.257. The van der Waals surface area contributed by atoms with E-state index in [4.69, 9.17) is 9.16 Å². The van der Waals surface area contributed by atoms with E-state index in [0.29, 0.717) is 6.42 Å². The molecule has 1 amide bonds. The number of amides is 1. The van der Waals surface area contributed by atoms with E-state index in [0.717, 1.165) is 11.1 Å². The maximum absolute atomic E-state index is 13.0. The number of hydrogen-bond donors (Lipinski definition) is 2. The molecule has 0 heterocycles. The summed E-state index contributed by atoms with van der Waals surface area (Å²) in [5, 5.41) is 13.1. The molecule has 0 saturated carbocycles. The number of carbonyl (C=O) groups excluding carboxylic acids is 1. The summed E-state index contributed by atoms with van der Waals surface area (Å²) < 4.78 is 12.5. The van der Waals surface area contributed by atoms with Gasteiger partial charge in [0.15, 0.2) is 8.32 Å². The van der Waals surface area contributed by atoms with E-state index >= 15 is 0 Å². The van der Waals surface area contributed by atoms with E-state index in [1.54, 1.807) is 0 Å². The number of rotatable bonds is 10. The van der Waals surface area contributed by atoms with Gasteiger partial charge in [-0.3, -0.25) is 4.79 Å². The molecule has 2 aromatic carbocycles. The summed E-state index contributed by atoms with van der Waals surface area (Å²) in [6, 6.07) is 18.8. The predicted molar refractivity (Wildman–Crippen MR) is 159 cm³/mol. The third kappa shape index (κ3) is 11.3. The maximum Gasteiger partial charge on any atom is 0.407 e. The van der Waals surface area contributed by atoms with Crippen molar-refractivity contribution in [3.05, 3.63) is 71.8 Å². The van der Waals surface area contributed by atoms with Crippen molar-refractivity contribution < 1.29 is 23.9 Å². The summed E-state index contributed by atoms with van der Waals surface area (Å²) in [5.41, 5.74) is 1.18. The van der Waals surface area contributed by atoms with Crippen molar-refractivity contribution in [3.63, 3.8) is 0 Å². The molecular formula is C32H45NO5Si. The minimum Gasteiger partial charge on any atom is -0.481 e. The van der Waals surface area contributed by atoms with Gasteiger partial charge in [0.25, 0.3) is 0 Å². The van der Waals surface area contributed by atoms with Crippen LogP contribution in [-0.4, -0.2) is 43.2 Å². The molecule has 2 N–H and O–H groups in total. The van der Waals surface area contributed by atoms with Crippen molar-refractivity contribution in [2.75, 3.05) is 0 Å². The van der Waals surface area contributed by atoms with Crippen molar-refractivity contribution in [2.45, 2.75) is 96.7 Å². The normalized spacial score (nSPS) is 14.4. The Hall–Kier alpha value is -3.08. The number of benzene rings is 2. The molecule has 0 aromatic heterocycles. The number of carboxylic acid groups (broad SMARTS) is 1. The molecule has 2 rings (SSSR count). The molecule has 6 nitrogen and oxygen atoms in total. The van der Waals surface area contributed by atoms with Crippen molar-refractivity contribution in [1.82, 2.24) is 5.32 Å². The third-order valence-electron chi connectivity index (χ3n) is 6.92. The number of alkyl carbamates (subject to hydrolysis) is 1. The van der Waals surface area contributed by atoms with Crippen LogP contribution in [0.1, 0.15) is 65.5 Å². The summed E-state index contributed by atoms with van der Waals surface area (Å²) in [7, 11) is -2.35. The summed E-state index contributed by atoms with van der Waals surface area (Å²) in [4.78, 5) is 25.4. The van der Waals surface area contributed by atoms with E-state index < -0.39 is 44.0 Å². The van der Waals surface area contributed by atoms with Gasteiger partial charge in [-0.2, -0.15) is 0 Å². The van der Waals surface area contributed by atoms with Crippen molar-refractivity contribution >= 4 is 20.4 Å². The van der Waals surface area contributed by atoms with Gasteiger partial charge < -0.3 is 19.6 Å². The van der Waals surface area contributed by atoms with Gasteiger partial charge in [-0.05, 0) is 69.4 Å². The average Bonchev–Trinajstić information content (AvgIpc) is 2.81. The fourth-order valence-corrected chi connectivity index (χ4v) is 5.17. The van der Waals surface area contributed by atoms with E-state index in [1.807, 2.05) is 81.4 Å². The first kappa shape index (κ1) is 32.1. The van der Waals surface area contributed by atoms with Gasteiger partial charge in [0.05, 0.1) is 18.1 Å². The minimum absolute atomic E-state index is 0.111. The lowest BCUT2D eigenvalue weighted by molar-refractivity contribution is -0.142. The molecule has 0 fully saturated rings. The van der Waals surface area contributed by atoms with Crippen molar-refractivity contribution in [3.8, 4) is 11.8 Å². The second-order valence-electron chi connectivity index (χ2n) is 12.5. The van der Waals surface area contributed by atoms with Crippen LogP contribution in [-0.2, 0) is 20.4 Å². The number of carboxylic acids is 1. The largest absolute Gasteiger partial charge is 0.481 e. The number of nitrogens with one attached hydrogen (secondary N) is 1. The van der Waals surface area contributed by atoms with E-state index in [9.17, 15) is 14.7 Å². The Morgan fingerprint density at radius 1 is 0.949 bits per heavy atom. The first-order chi connectivity index (χ1) is 18.1. The van der Waals surface area contributed by atoms with Crippen molar-refractivity contribution in [1.29, 1.82) is 0 Å². The van der Waals surface area contributed by atoms with Crippen LogP contribution in [0, 0.1) is 17.8 Å². The molecule has 0 saturated heterocycles. The highest BCUT2D eigenvalue weighted by molar-refractivity contribution is 6.74. The van der Waals surface area contributed by atoms with Gasteiger partial charge >= 0.3 is 12.1 Å². The Kier molecular flexibility index (Phi) is 11.4. The van der Waals surface area contributed by atoms with Crippen LogP contribution >= 0.6 is 0 Å². The number of hydrogen-bond acceptors (Lipinski definition) is 4. The van der Waals surface area contributed by atoms with Gasteiger partial charge in [-0.15, -0.1) is 0 Å². The first-order valence-corrected chi connectivity index (χ1v) is 16.5. The fraction of sp³-hybridized carbons (Fsp3) is 0.500. The molecule has 3 atom stereocenters.